The van der Waals surface area contributed by atoms with Crippen LogP contribution in [0.25, 0.3) is 5.82 Å². The van der Waals surface area contributed by atoms with Crippen molar-refractivity contribution in [2.75, 3.05) is 0 Å². The van der Waals surface area contributed by atoms with Crippen molar-refractivity contribution in [2.24, 2.45) is 7.05 Å². The number of pyridine rings is 1. The molecule has 24 heavy (non-hydrogen) atoms. The van der Waals surface area contributed by atoms with E-state index in [1.807, 2.05) is 36.0 Å². The van der Waals surface area contributed by atoms with Crippen molar-refractivity contribution >= 4 is 5.91 Å². The van der Waals surface area contributed by atoms with Crippen molar-refractivity contribution < 1.29 is 4.79 Å². The predicted molar refractivity (Wildman–Crippen MR) is 89.8 cm³/mol. The minimum Gasteiger partial charge on any atom is -0.346 e. The van der Waals surface area contributed by atoms with Crippen LogP contribution in [0.1, 0.15) is 41.5 Å². The first-order chi connectivity index (χ1) is 11.6. The van der Waals surface area contributed by atoms with E-state index in [-0.39, 0.29) is 5.91 Å². The van der Waals surface area contributed by atoms with Gasteiger partial charge in [-0.05, 0) is 18.1 Å². The van der Waals surface area contributed by atoms with E-state index >= 15 is 0 Å². The Balaban J connectivity index is 1.75. The Morgan fingerprint density at radius 1 is 1.33 bits per heavy atom. The van der Waals surface area contributed by atoms with Gasteiger partial charge < -0.3 is 5.32 Å². The molecule has 3 aromatic rings. The molecule has 3 heterocycles. The average molecular weight is 324 g/mol. The zero-order chi connectivity index (χ0) is 17.1. The lowest BCUT2D eigenvalue weighted by Crippen LogP contribution is -2.24. The molecule has 0 saturated heterocycles. The maximum absolute atomic E-state index is 12.4. The number of nitrogens with one attached hydrogen (secondary N) is 1. The molecule has 0 atom stereocenters. The SMILES string of the molecule is CC(C)c1cc(C(=O)NCc2cccnc2-n2ccnc2)nn1C. The Morgan fingerprint density at radius 2 is 2.17 bits per heavy atom. The van der Waals surface area contributed by atoms with E-state index in [1.54, 1.807) is 23.4 Å². The third-order valence-electron chi connectivity index (χ3n) is 3.80. The van der Waals surface area contributed by atoms with E-state index in [9.17, 15) is 4.79 Å². The molecule has 1 N–H and O–H groups in total. The molecule has 0 unspecified atom stereocenters. The van der Waals surface area contributed by atoms with Crippen LogP contribution in [0.4, 0.5) is 0 Å². The molecule has 0 radical (unpaired) electrons. The first kappa shape index (κ1) is 15.9. The number of hydrogen-bond donors (Lipinski definition) is 1. The van der Waals surface area contributed by atoms with Crippen molar-refractivity contribution in [3.63, 3.8) is 0 Å². The van der Waals surface area contributed by atoms with E-state index in [4.69, 9.17) is 0 Å². The number of aromatic nitrogens is 5. The molecule has 0 aliphatic rings. The Morgan fingerprint density at radius 3 is 2.83 bits per heavy atom. The van der Waals surface area contributed by atoms with Crippen molar-refractivity contribution in [3.05, 3.63) is 60.1 Å². The maximum atomic E-state index is 12.4. The van der Waals surface area contributed by atoms with Gasteiger partial charge in [0, 0.05) is 43.4 Å². The van der Waals surface area contributed by atoms with Gasteiger partial charge in [-0.3, -0.25) is 14.0 Å². The first-order valence-electron chi connectivity index (χ1n) is 7.80. The van der Waals surface area contributed by atoms with Crippen LogP contribution in [-0.2, 0) is 13.6 Å². The summed E-state index contributed by atoms with van der Waals surface area (Å²) in [6, 6.07) is 5.61. The van der Waals surface area contributed by atoms with Crippen LogP contribution >= 0.6 is 0 Å². The zero-order valence-corrected chi connectivity index (χ0v) is 14.0. The van der Waals surface area contributed by atoms with E-state index in [0.717, 1.165) is 17.1 Å². The summed E-state index contributed by atoms with van der Waals surface area (Å²) in [7, 11) is 1.85. The van der Waals surface area contributed by atoms with Crippen LogP contribution in [0.3, 0.4) is 0 Å². The third kappa shape index (κ3) is 3.19. The molecule has 3 aromatic heterocycles. The number of nitrogens with zero attached hydrogens (tertiary/aromatic N) is 5. The normalized spacial score (nSPS) is 11.0. The Labute approximate surface area is 140 Å². The van der Waals surface area contributed by atoms with E-state index in [1.165, 1.54) is 0 Å². The molecular formula is C17H20N6O. The fraction of sp³-hybridized carbons (Fsp3) is 0.294. The molecule has 0 spiro atoms. The molecular weight excluding hydrogens is 304 g/mol. The van der Waals surface area contributed by atoms with Gasteiger partial charge in [0.05, 0.1) is 0 Å². The van der Waals surface area contributed by atoms with Crippen LogP contribution in [0.15, 0.2) is 43.1 Å². The van der Waals surface area contributed by atoms with Gasteiger partial charge in [0.2, 0.25) is 0 Å². The van der Waals surface area contributed by atoms with Crippen LogP contribution in [0.2, 0.25) is 0 Å². The second-order valence-electron chi connectivity index (χ2n) is 5.87. The number of aryl methyl sites for hydroxylation is 1. The fourth-order valence-corrected chi connectivity index (χ4v) is 2.58. The van der Waals surface area contributed by atoms with Gasteiger partial charge in [-0.15, -0.1) is 0 Å². The maximum Gasteiger partial charge on any atom is 0.272 e. The van der Waals surface area contributed by atoms with Crippen molar-refractivity contribution in [1.29, 1.82) is 0 Å². The Kier molecular flexibility index (Phi) is 4.41. The first-order valence-corrected chi connectivity index (χ1v) is 7.80. The van der Waals surface area contributed by atoms with E-state index in [0.29, 0.717) is 18.2 Å². The number of amides is 1. The molecule has 0 aromatic carbocycles. The van der Waals surface area contributed by atoms with Gasteiger partial charge in [-0.25, -0.2) is 9.97 Å². The van der Waals surface area contributed by atoms with Gasteiger partial charge in [0.15, 0.2) is 0 Å². The average Bonchev–Trinajstić information content (AvgIpc) is 3.22. The lowest BCUT2D eigenvalue weighted by atomic mass is 10.1. The molecule has 0 aliphatic heterocycles. The van der Waals surface area contributed by atoms with Crippen LogP contribution in [0.5, 0.6) is 0 Å². The summed E-state index contributed by atoms with van der Waals surface area (Å²) in [5.74, 6) is 0.868. The minimum absolute atomic E-state index is 0.196. The van der Waals surface area contributed by atoms with E-state index in [2.05, 4.69) is 34.2 Å². The van der Waals surface area contributed by atoms with Crippen molar-refractivity contribution in [1.82, 2.24) is 29.6 Å². The van der Waals surface area contributed by atoms with Gasteiger partial charge in [-0.1, -0.05) is 19.9 Å². The van der Waals surface area contributed by atoms with Gasteiger partial charge >= 0.3 is 0 Å². The molecule has 0 aliphatic carbocycles. The van der Waals surface area contributed by atoms with Crippen LogP contribution in [0, 0.1) is 0 Å². The molecule has 0 saturated carbocycles. The molecule has 7 heteroatoms. The summed E-state index contributed by atoms with van der Waals surface area (Å²) < 4.78 is 3.57. The molecule has 1 amide bonds. The van der Waals surface area contributed by atoms with Crippen molar-refractivity contribution in [2.45, 2.75) is 26.3 Å². The van der Waals surface area contributed by atoms with Gasteiger partial charge in [-0.2, -0.15) is 5.10 Å². The number of imidazole rings is 1. The molecule has 0 fully saturated rings. The summed E-state index contributed by atoms with van der Waals surface area (Å²) in [6.07, 6.45) is 6.91. The summed E-state index contributed by atoms with van der Waals surface area (Å²) in [4.78, 5) is 20.8. The topological polar surface area (TPSA) is 77.6 Å². The fourth-order valence-electron chi connectivity index (χ4n) is 2.58. The second-order valence-corrected chi connectivity index (χ2v) is 5.87. The Hall–Kier alpha value is -2.96. The summed E-state index contributed by atoms with van der Waals surface area (Å²) in [6.45, 7) is 4.52. The summed E-state index contributed by atoms with van der Waals surface area (Å²) in [5, 5.41) is 7.20. The summed E-state index contributed by atoms with van der Waals surface area (Å²) >= 11 is 0. The van der Waals surface area contributed by atoms with Crippen LogP contribution < -0.4 is 5.32 Å². The molecule has 3 rings (SSSR count). The van der Waals surface area contributed by atoms with Crippen LogP contribution in [-0.4, -0.2) is 30.2 Å². The van der Waals surface area contributed by atoms with E-state index < -0.39 is 0 Å². The largest absolute Gasteiger partial charge is 0.346 e. The van der Waals surface area contributed by atoms with Crippen molar-refractivity contribution in [3.8, 4) is 5.82 Å². The molecule has 7 nitrogen and oxygen atoms in total. The lowest BCUT2D eigenvalue weighted by Gasteiger charge is -2.09. The monoisotopic (exact) mass is 324 g/mol. The molecule has 124 valence electrons. The highest BCUT2D eigenvalue weighted by Gasteiger charge is 2.15. The number of hydrogen-bond acceptors (Lipinski definition) is 4. The number of carbonyl (C=O) groups is 1. The second kappa shape index (κ2) is 6.66. The summed E-state index contributed by atoms with van der Waals surface area (Å²) in [5.41, 5.74) is 2.36. The van der Waals surface area contributed by atoms with Gasteiger partial charge in [0.1, 0.15) is 17.8 Å². The van der Waals surface area contributed by atoms with Gasteiger partial charge in [0.25, 0.3) is 5.91 Å². The number of rotatable bonds is 5. The smallest absolute Gasteiger partial charge is 0.272 e. The zero-order valence-electron chi connectivity index (χ0n) is 14.0. The quantitative estimate of drug-likeness (QED) is 0.779. The highest BCUT2D eigenvalue weighted by atomic mass is 16.1. The standard InChI is InChI=1S/C17H20N6O/c1-12(2)15-9-14(21-22(15)3)17(24)20-10-13-5-4-6-19-16(13)23-8-7-18-11-23/h4-9,11-12H,10H2,1-3H3,(H,20,24). The molecule has 0 bridgehead atoms. The predicted octanol–water partition coefficient (Wildman–Crippen LogP) is 2.05. The Bertz CT molecular complexity index is 835. The minimum atomic E-state index is -0.196. The third-order valence-corrected chi connectivity index (χ3v) is 3.80. The lowest BCUT2D eigenvalue weighted by molar-refractivity contribution is 0.0945. The highest BCUT2D eigenvalue weighted by Crippen LogP contribution is 2.15. The highest BCUT2D eigenvalue weighted by molar-refractivity contribution is 5.92. The number of carbonyl (C=O) groups excluding carboxylic acids is 1.